The fraction of sp³-hybridized carbons (Fsp3) is 0.562. The van der Waals surface area contributed by atoms with Crippen LogP contribution in [0.4, 0.5) is 17.1 Å². The van der Waals surface area contributed by atoms with Crippen LogP contribution in [-0.4, -0.2) is 16.9 Å². The molecule has 2 N–H and O–H groups in total. The van der Waals surface area contributed by atoms with E-state index in [4.69, 9.17) is 0 Å². The molecule has 1 unspecified atom stereocenters. The van der Waals surface area contributed by atoms with E-state index in [2.05, 4.69) is 10.6 Å². The smallest absolute Gasteiger partial charge is 0.277 e. The third-order valence-electron chi connectivity index (χ3n) is 4.09. The van der Waals surface area contributed by atoms with Crippen molar-refractivity contribution in [2.24, 2.45) is 5.41 Å². The summed E-state index contributed by atoms with van der Waals surface area (Å²) >= 11 is 0. The summed E-state index contributed by atoms with van der Waals surface area (Å²) in [5.74, 6) is -0.155. The lowest BCUT2D eigenvalue weighted by atomic mass is 9.93. The van der Waals surface area contributed by atoms with Gasteiger partial charge >= 0.3 is 0 Å². The van der Waals surface area contributed by atoms with Gasteiger partial charge in [0.05, 0.1) is 21.9 Å². The van der Waals surface area contributed by atoms with Crippen molar-refractivity contribution in [2.75, 3.05) is 10.6 Å². The van der Waals surface area contributed by atoms with Crippen molar-refractivity contribution >= 4 is 23.0 Å². The van der Waals surface area contributed by atoms with Crippen molar-refractivity contribution in [2.45, 2.75) is 54.0 Å². The molecule has 1 heterocycles. The maximum Gasteiger partial charge on any atom is 0.277 e. The first-order valence-electron chi connectivity index (χ1n) is 7.42. The molecular formula is C16H23N3O3. The average Bonchev–Trinajstić information content (AvgIpc) is 2.74. The van der Waals surface area contributed by atoms with Crippen LogP contribution in [0.1, 0.15) is 44.4 Å². The van der Waals surface area contributed by atoms with Crippen LogP contribution >= 0.6 is 0 Å². The van der Waals surface area contributed by atoms with Crippen molar-refractivity contribution in [3.63, 3.8) is 0 Å². The normalized spacial score (nSPS) is 16.9. The van der Waals surface area contributed by atoms with E-state index in [0.29, 0.717) is 16.8 Å². The summed E-state index contributed by atoms with van der Waals surface area (Å²) in [6.07, 6.45) is 0.723. The Hall–Kier alpha value is -2.11. The van der Waals surface area contributed by atoms with Gasteiger partial charge in [0.2, 0.25) is 5.91 Å². The summed E-state index contributed by atoms with van der Waals surface area (Å²) < 4.78 is 0. The van der Waals surface area contributed by atoms with Gasteiger partial charge in [-0.15, -0.1) is 0 Å². The summed E-state index contributed by atoms with van der Waals surface area (Å²) in [7, 11) is 0. The van der Waals surface area contributed by atoms with E-state index in [9.17, 15) is 14.9 Å². The third kappa shape index (κ3) is 2.65. The number of nitro groups is 1. The fourth-order valence-electron chi connectivity index (χ4n) is 2.82. The van der Waals surface area contributed by atoms with Crippen LogP contribution in [0.5, 0.6) is 0 Å². The first-order chi connectivity index (χ1) is 10.0. The van der Waals surface area contributed by atoms with E-state index in [0.717, 1.165) is 17.7 Å². The van der Waals surface area contributed by atoms with Crippen LogP contribution in [0, 0.1) is 29.4 Å². The molecule has 1 aliphatic rings. The minimum absolute atomic E-state index is 0.0962. The van der Waals surface area contributed by atoms with Crippen molar-refractivity contribution in [3.8, 4) is 0 Å². The first-order valence-corrected chi connectivity index (χ1v) is 7.42. The molecule has 2 rings (SSSR count). The van der Waals surface area contributed by atoms with Crippen molar-refractivity contribution in [1.82, 2.24) is 0 Å². The first kappa shape index (κ1) is 16.3. The number of nitro benzene ring substituents is 1. The van der Waals surface area contributed by atoms with Crippen LogP contribution in [0.3, 0.4) is 0 Å². The zero-order valence-corrected chi connectivity index (χ0v) is 14.0. The second-order valence-corrected chi connectivity index (χ2v) is 7.04. The Kier molecular flexibility index (Phi) is 3.89. The molecule has 0 saturated carbocycles. The molecule has 0 radical (unpaired) electrons. The van der Waals surface area contributed by atoms with Crippen molar-refractivity contribution in [3.05, 3.63) is 26.8 Å². The fourth-order valence-corrected chi connectivity index (χ4v) is 2.82. The zero-order valence-electron chi connectivity index (χ0n) is 14.0. The Labute approximate surface area is 130 Å². The summed E-state index contributed by atoms with van der Waals surface area (Å²) in [6, 6.07) is 0.195. The SMILES string of the molecule is Cc1c2c(c(NC(=O)C(C)(C)C)c(C)c1[N+](=O)[O-])NC(C)C2. The Morgan fingerprint density at radius 2 is 1.91 bits per heavy atom. The minimum atomic E-state index is -0.566. The highest BCUT2D eigenvalue weighted by Gasteiger charge is 2.33. The van der Waals surface area contributed by atoms with Gasteiger partial charge in [0.1, 0.15) is 0 Å². The van der Waals surface area contributed by atoms with Crippen LogP contribution in [0.25, 0.3) is 0 Å². The molecule has 6 nitrogen and oxygen atoms in total. The number of anilines is 2. The topological polar surface area (TPSA) is 84.3 Å². The summed E-state index contributed by atoms with van der Waals surface area (Å²) in [5, 5.41) is 17.7. The van der Waals surface area contributed by atoms with Crippen molar-refractivity contribution in [1.29, 1.82) is 0 Å². The quantitative estimate of drug-likeness (QED) is 0.646. The molecule has 0 saturated heterocycles. The molecule has 0 fully saturated rings. The van der Waals surface area contributed by atoms with Gasteiger partial charge in [-0.1, -0.05) is 20.8 Å². The predicted octanol–water partition coefficient (Wildman–Crippen LogP) is 3.55. The molecule has 0 aromatic heterocycles. The standard InChI is InChI=1S/C16H23N3O3/c1-8-7-11-9(2)14(19(21)22)10(3)12(13(11)17-8)18-15(20)16(4,5)6/h8,17H,7H2,1-6H3,(H,18,20). The van der Waals surface area contributed by atoms with E-state index in [1.807, 2.05) is 27.7 Å². The number of nitrogens with one attached hydrogen (secondary N) is 2. The lowest BCUT2D eigenvalue weighted by molar-refractivity contribution is -0.386. The Morgan fingerprint density at radius 3 is 2.41 bits per heavy atom. The highest BCUT2D eigenvalue weighted by atomic mass is 16.6. The Balaban J connectivity index is 2.63. The predicted molar refractivity (Wildman–Crippen MR) is 87.4 cm³/mol. The van der Waals surface area contributed by atoms with Gasteiger partial charge in [-0.2, -0.15) is 0 Å². The molecule has 6 heteroatoms. The van der Waals surface area contributed by atoms with Gasteiger partial charge in [-0.3, -0.25) is 14.9 Å². The average molecular weight is 305 g/mol. The molecule has 0 spiro atoms. The number of hydrogen-bond acceptors (Lipinski definition) is 4. The van der Waals surface area contributed by atoms with Gasteiger partial charge in [-0.25, -0.2) is 0 Å². The third-order valence-corrected chi connectivity index (χ3v) is 4.09. The number of amides is 1. The summed E-state index contributed by atoms with van der Waals surface area (Å²) in [5.41, 5.74) is 3.00. The summed E-state index contributed by atoms with van der Waals surface area (Å²) in [6.45, 7) is 10.9. The maximum atomic E-state index is 12.3. The number of fused-ring (bicyclic) bond motifs is 1. The number of nitrogens with zero attached hydrogens (tertiary/aromatic N) is 1. The number of carbonyl (C=O) groups excluding carboxylic acids is 1. The second kappa shape index (κ2) is 5.26. The lowest BCUT2D eigenvalue weighted by Crippen LogP contribution is -2.28. The van der Waals surface area contributed by atoms with Crippen LogP contribution in [-0.2, 0) is 11.2 Å². The zero-order chi connectivity index (χ0) is 16.8. The molecule has 0 aliphatic carbocycles. The maximum absolute atomic E-state index is 12.3. The molecule has 1 aliphatic heterocycles. The van der Waals surface area contributed by atoms with E-state index < -0.39 is 5.41 Å². The molecule has 22 heavy (non-hydrogen) atoms. The van der Waals surface area contributed by atoms with Crippen LogP contribution in [0.2, 0.25) is 0 Å². The second-order valence-electron chi connectivity index (χ2n) is 7.04. The highest BCUT2D eigenvalue weighted by Crippen LogP contribution is 2.44. The van der Waals surface area contributed by atoms with E-state index in [1.54, 1.807) is 13.8 Å². The molecule has 1 atom stereocenters. The van der Waals surface area contributed by atoms with Crippen LogP contribution in [0.15, 0.2) is 0 Å². The molecule has 0 bridgehead atoms. The van der Waals surface area contributed by atoms with E-state index >= 15 is 0 Å². The van der Waals surface area contributed by atoms with Gasteiger partial charge < -0.3 is 10.6 Å². The minimum Gasteiger partial charge on any atom is -0.380 e. The number of hydrogen-bond donors (Lipinski definition) is 2. The number of carbonyl (C=O) groups is 1. The monoisotopic (exact) mass is 305 g/mol. The molecule has 1 amide bonds. The molecular weight excluding hydrogens is 282 g/mol. The molecule has 1 aromatic carbocycles. The van der Waals surface area contributed by atoms with Gasteiger partial charge in [0, 0.05) is 17.0 Å². The lowest BCUT2D eigenvalue weighted by Gasteiger charge is -2.21. The molecule has 1 aromatic rings. The largest absolute Gasteiger partial charge is 0.380 e. The van der Waals surface area contributed by atoms with Gasteiger partial charge in [0.25, 0.3) is 5.69 Å². The van der Waals surface area contributed by atoms with Crippen molar-refractivity contribution < 1.29 is 9.72 Å². The van der Waals surface area contributed by atoms with Crippen LogP contribution < -0.4 is 10.6 Å². The number of rotatable bonds is 2. The Morgan fingerprint density at radius 1 is 1.32 bits per heavy atom. The van der Waals surface area contributed by atoms with E-state index in [-0.39, 0.29) is 22.6 Å². The summed E-state index contributed by atoms with van der Waals surface area (Å²) in [4.78, 5) is 23.4. The highest BCUT2D eigenvalue weighted by molar-refractivity contribution is 6.00. The Bertz CT molecular complexity index is 660. The van der Waals surface area contributed by atoms with Gasteiger partial charge in [0.15, 0.2) is 0 Å². The molecule has 120 valence electrons. The number of benzene rings is 1. The van der Waals surface area contributed by atoms with Gasteiger partial charge in [-0.05, 0) is 32.8 Å². The van der Waals surface area contributed by atoms with E-state index in [1.165, 1.54) is 0 Å².